The fourth-order valence-corrected chi connectivity index (χ4v) is 4.97. The number of amides is 1. The van der Waals surface area contributed by atoms with Crippen LogP contribution in [0.2, 0.25) is 0 Å². The number of nitrogens with one attached hydrogen (secondary N) is 1. The van der Waals surface area contributed by atoms with E-state index in [1.807, 2.05) is 6.07 Å². The molecule has 11 heteroatoms. The number of esters is 1. The molecule has 1 atom stereocenters. The summed E-state index contributed by atoms with van der Waals surface area (Å²) < 4.78 is 18.3. The highest BCUT2D eigenvalue weighted by molar-refractivity contribution is 9.10. The number of nitrogens with zero attached hydrogens (tertiary/aromatic N) is 3. The molecule has 0 fully saturated rings. The Hall–Kier alpha value is -5.39. The van der Waals surface area contributed by atoms with Crippen LogP contribution in [0.4, 0.5) is 4.79 Å². The summed E-state index contributed by atoms with van der Waals surface area (Å²) in [5.41, 5.74) is 1.87. The fraction of sp³-hybridized carbons (Fsp3) is 0.229. The smallest absolute Gasteiger partial charge is 0.408 e. The van der Waals surface area contributed by atoms with Crippen LogP contribution in [0.15, 0.2) is 77.4 Å². The van der Waals surface area contributed by atoms with Crippen LogP contribution in [0.1, 0.15) is 54.2 Å². The van der Waals surface area contributed by atoms with Gasteiger partial charge in [0.05, 0.1) is 42.3 Å². The van der Waals surface area contributed by atoms with Crippen molar-refractivity contribution in [2.75, 3.05) is 7.11 Å². The third-order valence-electron chi connectivity index (χ3n) is 6.68. The van der Waals surface area contributed by atoms with E-state index in [9.17, 15) is 24.9 Å². The van der Waals surface area contributed by atoms with Gasteiger partial charge in [-0.1, -0.05) is 46.3 Å². The molecule has 0 saturated carbocycles. The van der Waals surface area contributed by atoms with E-state index < -0.39 is 36.0 Å². The van der Waals surface area contributed by atoms with Crippen LogP contribution >= 0.6 is 15.9 Å². The number of halogens is 1. The quantitative estimate of drug-likeness (QED) is 0.147. The maximum atomic E-state index is 13.9. The van der Waals surface area contributed by atoms with E-state index in [4.69, 9.17) is 14.2 Å². The van der Waals surface area contributed by atoms with E-state index in [0.29, 0.717) is 37.8 Å². The number of hydrogen-bond acceptors (Lipinski definition) is 8. The number of rotatable bonds is 9. The molecule has 0 saturated heterocycles. The van der Waals surface area contributed by atoms with Gasteiger partial charge in [0.1, 0.15) is 24.0 Å². The summed E-state index contributed by atoms with van der Waals surface area (Å²) in [5.74, 6) is -0.903. The summed E-state index contributed by atoms with van der Waals surface area (Å²) in [4.78, 5) is 39.8. The molecule has 0 aliphatic carbocycles. The molecule has 0 unspecified atom stereocenters. The largest absolute Gasteiger partial charge is 0.496 e. The van der Waals surface area contributed by atoms with Crippen molar-refractivity contribution in [3.05, 3.63) is 99.7 Å². The van der Waals surface area contributed by atoms with Crippen molar-refractivity contribution < 1.29 is 28.6 Å². The Labute approximate surface area is 274 Å². The third-order valence-corrected chi connectivity index (χ3v) is 7.18. The lowest BCUT2D eigenvalue weighted by atomic mass is 10.0. The summed E-state index contributed by atoms with van der Waals surface area (Å²) in [6.45, 7) is 4.98. The van der Waals surface area contributed by atoms with Gasteiger partial charge >= 0.3 is 12.1 Å². The molecule has 1 amide bonds. The number of aromatic nitrogens is 1. The first-order chi connectivity index (χ1) is 21.9. The summed E-state index contributed by atoms with van der Waals surface area (Å²) in [6, 6.07) is 22.0. The molecule has 0 radical (unpaired) electrons. The number of ether oxygens (including phenoxy) is 3. The van der Waals surface area contributed by atoms with Crippen LogP contribution in [-0.2, 0) is 20.9 Å². The lowest BCUT2D eigenvalue weighted by molar-refractivity contribution is -0.147. The lowest BCUT2D eigenvalue weighted by Gasteiger charge is -2.23. The predicted molar refractivity (Wildman–Crippen MR) is 175 cm³/mol. The highest BCUT2D eigenvalue weighted by Crippen LogP contribution is 2.33. The molecule has 0 aliphatic rings. The average molecular weight is 684 g/mol. The van der Waals surface area contributed by atoms with Gasteiger partial charge in [0.15, 0.2) is 0 Å². The number of carbonyl (C=O) groups excluding carboxylic acids is 3. The Morgan fingerprint density at radius 2 is 1.78 bits per heavy atom. The van der Waals surface area contributed by atoms with Crippen molar-refractivity contribution >= 4 is 56.5 Å². The molecule has 1 heterocycles. The summed E-state index contributed by atoms with van der Waals surface area (Å²) >= 11 is 3.46. The summed E-state index contributed by atoms with van der Waals surface area (Å²) in [5, 5.41) is 22.7. The minimum Gasteiger partial charge on any atom is -0.496 e. The van der Waals surface area contributed by atoms with Gasteiger partial charge < -0.3 is 19.5 Å². The molecular weight excluding hydrogens is 652 g/mol. The van der Waals surface area contributed by atoms with Crippen molar-refractivity contribution in [1.82, 2.24) is 9.88 Å². The number of allylic oxidation sites excluding steroid dienone is 1. The summed E-state index contributed by atoms with van der Waals surface area (Å²) in [6.07, 6.45) is 1.75. The van der Waals surface area contributed by atoms with E-state index in [1.165, 1.54) is 17.9 Å². The Bertz CT molecular complexity index is 1890. The number of benzene rings is 3. The van der Waals surface area contributed by atoms with Gasteiger partial charge in [0, 0.05) is 27.2 Å². The Morgan fingerprint density at radius 3 is 2.43 bits per heavy atom. The van der Waals surface area contributed by atoms with Gasteiger partial charge in [-0.05, 0) is 68.8 Å². The van der Waals surface area contributed by atoms with E-state index in [1.54, 1.807) is 87.5 Å². The second kappa shape index (κ2) is 14.6. The first-order valence-electron chi connectivity index (χ1n) is 14.2. The minimum absolute atomic E-state index is 0.0578. The van der Waals surface area contributed by atoms with Crippen molar-refractivity contribution in [1.29, 1.82) is 10.5 Å². The number of hydrogen-bond donors (Lipinski definition) is 1. The molecule has 0 spiro atoms. The second-order valence-corrected chi connectivity index (χ2v) is 12.1. The topological polar surface area (TPSA) is 143 Å². The van der Waals surface area contributed by atoms with E-state index >= 15 is 0 Å². The highest BCUT2D eigenvalue weighted by atomic mass is 79.9. The van der Waals surface area contributed by atoms with Crippen molar-refractivity contribution in [2.45, 2.75) is 45.4 Å². The van der Waals surface area contributed by atoms with Gasteiger partial charge in [-0.15, -0.1) is 0 Å². The van der Waals surface area contributed by atoms with Gasteiger partial charge in [-0.3, -0.25) is 9.36 Å². The Kier molecular flexibility index (Phi) is 10.6. The van der Waals surface area contributed by atoms with Gasteiger partial charge in [0.2, 0.25) is 5.91 Å². The van der Waals surface area contributed by atoms with Crippen molar-refractivity contribution in [3.63, 3.8) is 0 Å². The SMILES string of the molecule is COc1ccc(C#N)cc1/C=C(\C#N)c1cn(C(=O)C[C@@H](NC(=O)OC(C)(C)C)C(=O)OCc2ccccc2)c2ccc(Br)cc12. The number of fused-ring (bicyclic) bond motifs is 1. The van der Waals surface area contributed by atoms with Crippen molar-refractivity contribution in [3.8, 4) is 17.9 Å². The third kappa shape index (κ3) is 8.40. The standard InChI is InChI=1S/C35H31BrN4O6/c1-35(2,3)46-34(43)39-29(33(42)45-21-22-8-6-5-7-9-22)17-32(41)40-20-28(27-16-26(36)11-12-30(27)40)25(19-38)15-24-14-23(18-37)10-13-31(24)44-4/h5-16,20,29H,17,21H2,1-4H3,(H,39,43)/b25-15+/t29-/m1/s1. The lowest BCUT2D eigenvalue weighted by Crippen LogP contribution is -2.45. The van der Waals surface area contributed by atoms with Crippen LogP contribution in [0.25, 0.3) is 22.6 Å². The molecule has 3 aromatic carbocycles. The molecule has 46 heavy (non-hydrogen) atoms. The molecule has 0 bridgehead atoms. The fourth-order valence-electron chi connectivity index (χ4n) is 4.61. The Morgan fingerprint density at radius 1 is 1.04 bits per heavy atom. The molecule has 1 aromatic heterocycles. The van der Waals surface area contributed by atoms with Crippen LogP contribution in [0.3, 0.4) is 0 Å². The predicted octanol–water partition coefficient (Wildman–Crippen LogP) is 7.02. The van der Waals surface area contributed by atoms with Gasteiger partial charge in [-0.2, -0.15) is 10.5 Å². The van der Waals surface area contributed by atoms with Crippen LogP contribution in [0.5, 0.6) is 5.75 Å². The molecule has 0 aliphatic heterocycles. The maximum absolute atomic E-state index is 13.9. The van der Waals surface area contributed by atoms with E-state index in [2.05, 4.69) is 33.4 Å². The molecular formula is C35H31BrN4O6. The average Bonchev–Trinajstić information content (AvgIpc) is 3.40. The van der Waals surface area contributed by atoms with E-state index in [0.717, 1.165) is 5.56 Å². The molecule has 4 rings (SSSR count). The first-order valence-corrected chi connectivity index (χ1v) is 15.0. The van der Waals surface area contributed by atoms with Crippen LogP contribution < -0.4 is 10.1 Å². The maximum Gasteiger partial charge on any atom is 0.408 e. The van der Waals surface area contributed by atoms with Gasteiger partial charge in [0.25, 0.3) is 0 Å². The molecule has 10 nitrogen and oxygen atoms in total. The van der Waals surface area contributed by atoms with Crippen LogP contribution in [0, 0.1) is 22.7 Å². The highest BCUT2D eigenvalue weighted by Gasteiger charge is 2.29. The molecule has 234 valence electrons. The van der Waals surface area contributed by atoms with Crippen LogP contribution in [-0.4, -0.2) is 41.3 Å². The number of carbonyl (C=O) groups is 3. The van der Waals surface area contributed by atoms with Crippen molar-refractivity contribution in [2.24, 2.45) is 0 Å². The normalized spacial score (nSPS) is 12.0. The zero-order valence-electron chi connectivity index (χ0n) is 25.7. The monoisotopic (exact) mass is 682 g/mol. The molecule has 4 aromatic rings. The minimum atomic E-state index is -1.37. The number of methoxy groups -OCH3 is 1. The molecule has 1 N–H and O–H groups in total. The Balaban J connectivity index is 1.71. The zero-order chi connectivity index (χ0) is 33.4. The summed E-state index contributed by atoms with van der Waals surface area (Å²) in [7, 11) is 1.49. The number of alkyl carbamates (subject to hydrolysis) is 1. The van der Waals surface area contributed by atoms with Gasteiger partial charge in [-0.25, -0.2) is 9.59 Å². The second-order valence-electron chi connectivity index (χ2n) is 11.2. The zero-order valence-corrected chi connectivity index (χ0v) is 27.3. The first kappa shape index (κ1) is 33.5. The van der Waals surface area contributed by atoms with E-state index in [-0.39, 0.29) is 12.2 Å². The number of nitriles is 2.